The Morgan fingerprint density at radius 2 is 2.22 bits per heavy atom. The van der Waals surface area contributed by atoms with Gasteiger partial charge in [-0.25, -0.2) is 4.39 Å². The summed E-state index contributed by atoms with van der Waals surface area (Å²) in [4.78, 5) is 1.08. The van der Waals surface area contributed by atoms with Gasteiger partial charge in [-0.15, -0.1) is 11.3 Å². The van der Waals surface area contributed by atoms with Gasteiger partial charge in [-0.3, -0.25) is 0 Å². The van der Waals surface area contributed by atoms with E-state index in [1.807, 2.05) is 17.5 Å². The minimum absolute atomic E-state index is 0.132. The van der Waals surface area contributed by atoms with Gasteiger partial charge in [0.15, 0.2) is 11.6 Å². The maximum Gasteiger partial charge on any atom is 0.165 e. The molecule has 0 saturated heterocycles. The summed E-state index contributed by atoms with van der Waals surface area (Å²) < 4.78 is 19.4. The van der Waals surface area contributed by atoms with E-state index >= 15 is 0 Å². The van der Waals surface area contributed by atoms with Gasteiger partial charge in [-0.2, -0.15) is 0 Å². The summed E-state index contributed by atoms with van der Waals surface area (Å²) in [5, 5.41) is 1.98. The molecule has 0 aliphatic heterocycles. The van der Waals surface area contributed by atoms with Crippen LogP contribution in [0.15, 0.2) is 34.1 Å². The van der Waals surface area contributed by atoms with E-state index in [1.165, 1.54) is 13.2 Å². The lowest BCUT2D eigenvalue weighted by Crippen LogP contribution is -2.12. The number of halogens is 2. The molecule has 0 saturated carbocycles. The van der Waals surface area contributed by atoms with Gasteiger partial charge in [0.05, 0.1) is 7.11 Å². The molecular weight excluding hydrogens is 317 g/mol. The lowest BCUT2D eigenvalue weighted by atomic mass is 10.1. The summed E-state index contributed by atoms with van der Waals surface area (Å²) in [6.07, 6.45) is 0.597. The van der Waals surface area contributed by atoms with Crippen molar-refractivity contribution < 1.29 is 9.13 Å². The van der Waals surface area contributed by atoms with Crippen LogP contribution in [0.25, 0.3) is 0 Å². The number of rotatable bonds is 4. The molecule has 96 valence electrons. The van der Waals surface area contributed by atoms with Crippen molar-refractivity contribution in [2.75, 3.05) is 7.11 Å². The molecule has 5 heteroatoms. The normalized spacial score (nSPS) is 12.4. The van der Waals surface area contributed by atoms with Crippen LogP contribution in [0.2, 0.25) is 0 Å². The molecular formula is C13H13BrFNOS. The van der Waals surface area contributed by atoms with E-state index in [4.69, 9.17) is 10.5 Å². The van der Waals surface area contributed by atoms with Gasteiger partial charge in [0.1, 0.15) is 0 Å². The van der Waals surface area contributed by atoms with Gasteiger partial charge < -0.3 is 10.5 Å². The Balaban J connectivity index is 2.15. The first-order valence-corrected chi connectivity index (χ1v) is 7.10. The molecule has 1 aromatic heterocycles. The predicted octanol–water partition coefficient (Wildman–Crippen LogP) is 3.90. The average Bonchev–Trinajstić information content (AvgIpc) is 2.76. The number of hydrogen-bond acceptors (Lipinski definition) is 3. The molecule has 1 atom stereocenters. The monoisotopic (exact) mass is 329 g/mol. The average molecular weight is 330 g/mol. The van der Waals surface area contributed by atoms with Gasteiger partial charge in [0.25, 0.3) is 0 Å². The molecule has 0 bridgehead atoms. The van der Waals surface area contributed by atoms with E-state index in [1.54, 1.807) is 17.4 Å². The SMILES string of the molecule is COc1ccc(CC(N)c2sccc2Br)cc1F. The highest BCUT2D eigenvalue weighted by atomic mass is 79.9. The fourth-order valence-corrected chi connectivity index (χ4v) is 3.42. The molecule has 0 amide bonds. The maximum absolute atomic E-state index is 13.6. The molecule has 0 spiro atoms. The molecule has 2 aromatic rings. The van der Waals surface area contributed by atoms with Crippen LogP contribution in [0.4, 0.5) is 4.39 Å². The van der Waals surface area contributed by atoms with Crippen molar-refractivity contribution in [1.29, 1.82) is 0 Å². The fraction of sp³-hybridized carbons (Fsp3) is 0.231. The van der Waals surface area contributed by atoms with Gasteiger partial charge in [-0.05, 0) is 51.5 Å². The van der Waals surface area contributed by atoms with Crippen LogP contribution in [-0.4, -0.2) is 7.11 Å². The first kappa shape index (κ1) is 13.5. The Labute approximate surface area is 118 Å². The molecule has 1 unspecified atom stereocenters. The van der Waals surface area contributed by atoms with Crippen molar-refractivity contribution in [1.82, 2.24) is 0 Å². The Morgan fingerprint density at radius 3 is 2.78 bits per heavy atom. The number of methoxy groups -OCH3 is 1. The van der Waals surface area contributed by atoms with E-state index in [0.717, 1.165) is 14.9 Å². The smallest absolute Gasteiger partial charge is 0.165 e. The molecule has 0 fully saturated rings. The van der Waals surface area contributed by atoms with Crippen LogP contribution < -0.4 is 10.5 Å². The second-order valence-electron chi connectivity index (χ2n) is 3.91. The van der Waals surface area contributed by atoms with Crippen molar-refractivity contribution in [2.24, 2.45) is 5.73 Å². The van der Waals surface area contributed by atoms with Crippen molar-refractivity contribution in [3.05, 3.63) is 50.4 Å². The van der Waals surface area contributed by atoms with Crippen LogP contribution in [0.3, 0.4) is 0 Å². The van der Waals surface area contributed by atoms with Crippen LogP contribution in [-0.2, 0) is 6.42 Å². The molecule has 0 radical (unpaired) electrons. The van der Waals surface area contributed by atoms with E-state index in [9.17, 15) is 4.39 Å². The Kier molecular flexibility index (Phi) is 4.37. The van der Waals surface area contributed by atoms with E-state index < -0.39 is 0 Å². The van der Waals surface area contributed by atoms with Crippen LogP contribution >= 0.6 is 27.3 Å². The number of hydrogen-bond donors (Lipinski definition) is 1. The Hall–Kier alpha value is -0.910. The zero-order valence-electron chi connectivity index (χ0n) is 9.82. The van der Waals surface area contributed by atoms with E-state index in [2.05, 4.69) is 15.9 Å². The topological polar surface area (TPSA) is 35.2 Å². The summed E-state index contributed by atoms with van der Waals surface area (Å²) in [6, 6.07) is 6.77. The van der Waals surface area contributed by atoms with Gasteiger partial charge in [0.2, 0.25) is 0 Å². The molecule has 0 aliphatic carbocycles. The molecule has 1 heterocycles. The van der Waals surface area contributed by atoms with E-state index in [0.29, 0.717) is 6.42 Å². The highest BCUT2D eigenvalue weighted by Gasteiger charge is 2.13. The fourth-order valence-electron chi connectivity index (χ4n) is 1.75. The number of ether oxygens (including phenoxy) is 1. The highest BCUT2D eigenvalue weighted by Crippen LogP contribution is 2.30. The zero-order chi connectivity index (χ0) is 13.1. The summed E-state index contributed by atoms with van der Waals surface area (Å²) in [5.74, 6) is -0.0999. The summed E-state index contributed by atoms with van der Waals surface area (Å²) >= 11 is 5.05. The van der Waals surface area contributed by atoms with Gasteiger partial charge in [0, 0.05) is 15.4 Å². The summed E-state index contributed by atoms with van der Waals surface area (Å²) in [6.45, 7) is 0. The zero-order valence-corrected chi connectivity index (χ0v) is 12.2. The standard InChI is InChI=1S/C13H13BrFNOS/c1-17-12-3-2-8(6-10(12)15)7-11(16)13-9(14)4-5-18-13/h2-6,11H,7,16H2,1H3. The van der Waals surface area contributed by atoms with Crippen LogP contribution in [0.1, 0.15) is 16.5 Å². The molecule has 1 aromatic carbocycles. The minimum Gasteiger partial charge on any atom is -0.494 e. The second-order valence-corrected chi connectivity index (χ2v) is 5.71. The van der Waals surface area contributed by atoms with Crippen molar-refractivity contribution in [3.8, 4) is 5.75 Å². The van der Waals surface area contributed by atoms with Crippen LogP contribution in [0.5, 0.6) is 5.75 Å². The lowest BCUT2D eigenvalue weighted by Gasteiger charge is -2.11. The Bertz CT molecular complexity index is 544. The first-order valence-electron chi connectivity index (χ1n) is 5.42. The largest absolute Gasteiger partial charge is 0.494 e. The maximum atomic E-state index is 13.6. The summed E-state index contributed by atoms with van der Waals surface area (Å²) in [7, 11) is 1.45. The summed E-state index contributed by atoms with van der Waals surface area (Å²) in [5.41, 5.74) is 6.98. The van der Waals surface area contributed by atoms with Crippen molar-refractivity contribution >= 4 is 27.3 Å². The third-order valence-electron chi connectivity index (χ3n) is 2.65. The van der Waals surface area contributed by atoms with Gasteiger partial charge >= 0.3 is 0 Å². The molecule has 2 N–H and O–H groups in total. The van der Waals surface area contributed by atoms with E-state index in [-0.39, 0.29) is 17.6 Å². The molecule has 2 rings (SSSR count). The van der Waals surface area contributed by atoms with Crippen molar-refractivity contribution in [2.45, 2.75) is 12.5 Å². The van der Waals surface area contributed by atoms with Crippen molar-refractivity contribution in [3.63, 3.8) is 0 Å². The minimum atomic E-state index is -0.354. The molecule has 0 aliphatic rings. The second kappa shape index (κ2) is 5.82. The predicted molar refractivity (Wildman–Crippen MR) is 75.6 cm³/mol. The van der Waals surface area contributed by atoms with Crippen LogP contribution in [0, 0.1) is 5.82 Å². The Morgan fingerprint density at radius 1 is 1.44 bits per heavy atom. The third kappa shape index (κ3) is 2.91. The lowest BCUT2D eigenvalue weighted by molar-refractivity contribution is 0.386. The van der Waals surface area contributed by atoms with Gasteiger partial charge in [-0.1, -0.05) is 6.07 Å². The highest BCUT2D eigenvalue weighted by molar-refractivity contribution is 9.10. The third-order valence-corrected chi connectivity index (χ3v) is 4.66. The quantitative estimate of drug-likeness (QED) is 0.923. The molecule has 18 heavy (non-hydrogen) atoms. The number of benzene rings is 1. The number of nitrogens with two attached hydrogens (primary N) is 1. The number of thiophene rings is 1. The molecule has 2 nitrogen and oxygen atoms in total. The first-order chi connectivity index (χ1) is 8.61.